The zero-order chi connectivity index (χ0) is 26.9. The molecule has 10 heteroatoms. The zero-order valence-corrected chi connectivity index (χ0v) is 23.9. The smallest absolute Gasteiger partial charge is 0.245 e. The second kappa shape index (κ2) is 8.97. The van der Waals surface area contributed by atoms with Crippen LogP contribution >= 0.6 is 45.9 Å². The van der Waals surface area contributed by atoms with Crippen molar-refractivity contribution in [3.8, 4) is 6.07 Å². The Balaban J connectivity index is 1.75. The summed E-state index contributed by atoms with van der Waals surface area (Å²) >= 11 is 15.3. The van der Waals surface area contributed by atoms with Gasteiger partial charge >= 0.3 is 0 Å². The Hall–Kier alpha value is -3.66. The van der Waals surface area contributed by atoms with Crippen LogP contribution in [0.15, 0.2) is 36.4 Å². The molecule has 0 aliphatic rings. The Kier molecular flexibility index (Phi) is 5.82. The number of hydrogen-bond acceptors (Lipinski definition) is 5. The molecule has 4 heterocycles. The molecule has 0 bridgehead atoms. The van der Waals surface area contributed by atoms with Gasteiger partial charge in [-0.1, -0.05) is 23.2 Å². The van der Waals surface area contributed by atoms with Crippen LogP contribution in [0.4, 0.5) is 0 Å². The van der Waals surface area contributed by atoms with Gasteiger partial charge in [0.05, 0.1) is 37.7 Å². The van der Waals surface area contributed by atoms with Gasteiger partial charge in [-0.05, 0) is 50.2 Å². The molecule has 2 aromatic carbocycles. The van der Waals surface area contributed by atoms with Crippen LogP contribution in [0.5, 0.6) is 0 Å². The van der Waals surface area contributed by atoms with E-state index in [4.69, 9.17) is 39.7 Å². The third kappa shape index (κ3) is 3.57. The maximum absolute atomic E-state index is 10.4. The summed E-state index contributed by atoms with van der Waals surface area (Å²) in [7, 11) is 3.90. The molecule has 0 saturated heterocycles. The van der Waals surface area contributed by atoms with Crippen molar-refractivity contribution in [2.24, 2.45) is 14.1 Å². The second-order valence-electron chi connectivity index (χ2n) is 8.95. The minimum Gasteiger partial charge on any atom is -0.356 e. The molecular weight excluding hydrogens is 555 g/mol. The number of rotatable bonds is 2. The molecule has 0 spiro atoms. The van der Waals surface area contributed by atoms with Gasteiger partial charge in [0.25, 0.3) is 0 Å². The highest BCUT2D eigenvalue weighted by molar-refractivity contribution is 7.20. The topological polar surface area (TPSA) is 63.8 Å². The Labute approximate surface area is 235 Å². The van der Waals surface area contributed by atoms with Crippen molar-refractivity contribution in [2.45, 2.75) is 13.8 Å². The molecule has 0 saturated carbocycles. The Morgan fingerprint density at radius 2 is 1.37 bits per heavy atom. The third-order valence-corrected chi connectivity index (χ3v) is 9.49. The predicted molar refractivity (Wildman–Crippen MR) is 157 cm³/mol. The minimum absolute atomic E-state index is 0.469. The lowest BCUT2D eigenvalue weighted by atomic mass is 10.1. The van der Waals surface area contributed by atoms with Gasteiger partial charge < -0.3 is 9.13 Å². The van der Waals surface area contributed by atoms with E-state index in [9.17, 15) is 5.26 Å². The molecule has 0 aliphatic carbocycles. The van der Waals surface area contributed by atoms with Gasteiger partial charge in [0, 0.05) is 46.3 Å². The number of halogens is 2. The number of nitriles is 1. The van der Waals surface area contributed by atoms with Crippen molar-refractivity contribution < 1.29 is 0 Å². The van der Waals surface area contributed by atoms with E-state index in [2.05, 4.69) is 10.9 Å². The summed E-state index contributed by atoms with van der Waals surface area (Å²) < 4.78 is 5.98. The summed E-state index contributed by atoms with van der Waals surface area (Å²) in [5.74, 6) is 0. The van der Waals surface area contributed by atoms with Crippen molar-refractivity contribution in [3.05, 3.63) is 90.0 Å². The number of aromatic nitrogens is 4. The number of fused-ring (bicyclic) bond motifs is 3. The molecule has 6 nitrogen and oxygen atoms in total. The fourth-order valence-electron chi connectivity index (χ4n) is 4.93. The van der Waals surface area contributed by atoms with E-state index in [1.54, 1.807) is 0 Å². The fraction of sp³-hybridized carbons (Fsp3) is 0.143. The van der Waals surface area contributed by atoms with Gasteiger partial charge in [-0.2, -0.15) is 5.26 Å². The van der Waals surface area contributed by atoms with Crippen molar-refractivity contribution in [3.63, 3.8) is 0 Å². The summed E-state index contributed by atoms with van der Waals surface area (Å²) in [6, 6.07) is 13.6. The first-order valence-electron chi connectivity index (χ1n) is 11.5. The van der Waals surface area contributed by atoms with Crippen LogP contribution in [-0.2, 0) is 14.1 Å². The van der Waals surface area contributed by atoms with Crippen LogP contribution in [0, 0.1) is 31.8 Å². The van der Waals surface area contributed by atoms with Gasteiger partial charge in [0.1, 0.15) is 21.7 Å². The van der Waals surface area contributed by atoms with Gasteiger partial charge in [0.15, 0.2) is 0 Å². The number of nitrogens with zero attached hydrogens (tertiary/aromatic N) is 6. The molecular formula is C28H18Cl2N6S2. The molecule has 0 radical (unpaired) electrons. The molecule has 4 aromatic heterocycles. The van der Waals surface area contributed by atoms with Crippen molar-refractivity contribution in [2.75, 3.05) is 0 Å². The number of aryl methyl sites for hydroxylation is 2. The van der Waals surface area contributed by atoms with Crippen LogP contribution in [0.2, 0.25) is 10.0 Å². The molecule has 0 N–H and O–H groups in total. The number of thiazole rings is 2. The first-order chi connectivity index (χ1) is 18.2. The minimum atomic E-state index is 0.469. The Morgan fingerprint density at radius 3 is 1.92 bits per heavy atom. The van der Waals surface area contributed by atoms with Gasteiger partial charge in [-0.25, -0.2) is 14.8 Å². The van der Waals surface area contributed by atoms with E-state index in [0.717, 1.165) is 53.3 Å². The van der Waals surface area contributed by atoms with E-state index in [1.807, 2.05) is 73.5 Å². The lowest BCUT2D eigenvalue weighted by Gasteiger charge is -2.04. The molecule has 186 valence electrons. The second-order valence-corrected chi connectivity index (χ2v) is 11.9. The van der Waals surface area contributed by atoms with Crippen LogP contribution < -0.4 is 10.7 Å². The van der Waals surface area contributed by atoms with Crippen LogP contribution in [0.1, 0.15) is 21.4 Å². The van der Waals surface area contributed by atoms with E-state index in [-0.39, 0.29) is 0 Å². The normalized spacial score (nSPS) is 13.3. The van der Waals surface area contributed by atoms with E-state index < -0.39 is 0 Å². The fourth-order valence-corrected chi connectivity index (χ4v) is 7.14. The van der Waals surface area contributed by atoms with Crippen LogP contribution in [-0.4, -0.2) is 19.1 Å². The molecule has 6 aromatic rings. The van der Waals surface area contributed by atoms with E-state index >= 15 is 0 Å². The first kappa shape index (κ1) is 24.7. The Morgan fingerprint density at radius 1 is 0.868 bits per heavy atom. The highest BCUT2D eigenvalue weighted by Crippen LogP contribution is 2.31. The SMILES string of the molecule is [C-]#[N+]/C(c1nc2cc(Cl)ccc2s1)=c1\c2c(C)n(C)/c(=C(/C#N)c3nc4cc(Cl)ccc4s3)c2c(C)n1C. The zero-order valence-electron chi connectivity index (χ0n) is 20.7. The van der Waals surface area contributed by atoms with Crippen LogP contribution in [0.25, 0.3) is 47.3 Å². The van der Waals surface area contributed by atoms with Gasteiger partial charge in [-0.3, -0.25) is 0 Å². The predicted octanol–water partition coefficient (Wildman–Crippen LogP) is 6.46. The van der Waals surface area contributed by atoms with Crippen molar-refractivity contribution >= 4 is 88.4 Å². The van der Waals surface area contributed by atoms with Crippen molar-refractivity contribution in [1.29, 1.82) is 5.26 Å². The maximum atomic E-state index is 10.4. The monoisotopic (exact) mass is 572 g/mol. The first-order valence-corrected chi connectivity index (χ1v) is 13.9. The summed E-state index contributed by atoms with van der Waals surface area (Å²) in [6.07, 6.45) is 0. The molecule has 0 aliphatic heterocycles. The number of benzene rings is 2. The highest BCUT2D eigenvalue weighted by atomic mass is 35.5. The van der Waals surface area contributed by atoms with E-state index in [0.29, 0.717) is 31.3 Å². The quantitative estimate of drug-likeness (QED) is 0.224. The summed E-state index contributed by atoms with van der Waals surface area (Å²) in [5, 5.41) is 16.3. The van der Waals surface area contributed by atoms with Gasteiger partial charge in [-0.15, -0.1) is 22.7 Å². The third-order valence-electron chi connectivity index (χ3n) is 6.92. The summed E-state index contributed by atoms with van der Waals surface area (Å²) in [6.45, 7) is 12.2. The number of hydrogen-bond donors (Lipinski definition) is 0. The Bertz CT molecular complexity index is 2020. The molecule has 0 atom stereocenters. The molecule has 0 unspecified atom stereocenters. The standard InChI is InChI=1S/C28H18Cl2N6S2/c1-13-22-23(26(36(13)5)24(32-3)28-34-19-11-16(30)7-9-21(19)38-28)14(2)35(4)25(22)17(12-31)27-33-18-10-15(29)6-8-20(18)37-27/h6-11H,1-2,4-5H3/b25-17-,26-24+. The van der Waals surface area contributed by atoms with Crippen LogP contribution in [0.3, 0.4) is 0 Å². The largest absolute Gasteiger partial charge is 0.356 e. The summed E-state index contributed by atoms with van der Waals surface area (Å²) in [4.78, 5) is 13.5. The van der Waals surface area contributed by atoms with E-state index in [1.165, 1.54) is 22.7 Å². The average Bonchev–Trinajstić information content (AvgIpc) is 3.62. The maximum Gasteiger partial charge on any atom is 0.245 e. The molecule has 38 heavy (non-hydrogen) atoms. The summed E-state index contributed by atoms with van der Waals surface area (Å²) in [5.41, 5.74) is 4.39. The lowest BCUT2D eigenvalue weighted by molar-refractivity contribution is 0.826. The highest BCUT2D eigenvalue weighted by Gasteiger charge is 2.23. The average molecular weight is 574 g/mol. The van der Waals surface area contributed by atoms with Gasteiger partial charge in [0.2, 0.25) is 5.70 Å². The van der Waals surface area contributed by atoms with Crippen molar-refractivity contribution in [1.82, 2.24) is 19.1 Å². The molecule has 6 rings (SSSR count). The lowest BCUT2D eigenvalue weighted by Crippen LogP contribution is -2.21. The molecule has 0 fully saturated rings. The molecule has 0 amide bonds.